The van der Waals surface area contributed by atoms with E-state index in [9.17, 15) is 18.0 Å². The number of benzene rings is 1. The number of carbonyl (C=O) groups excluding carboxylic acids is 1. The minimum atomic E-state index is -4.56. The molecule has 0 unspecified atom stereocenters. The highest BCUT2D eigenvalue weighted by atomic mass is 32.1. The lowest BCUT2D eigenvalue weighted by Gasteiger charge is -2.15. The fraction of sp³-hybridized carbons (Fsp3) is 0.0588. The fourth-order valence-corrected chi connectivity index (χ4v) is 3.24. The molecule has 0 fully saturated rings. The number of aromatic nitrogens is 5. The standard InChI is InChI=1S/C17H12F3N7OS/c18-17(19,20)10-2-3-13(27-6-1-4-23-27)11(8-10)24-16(28)25-12-9-22-26-14(12)15-21-5-7-29-15/h1-9H,(H,22,26)(H2,24,25,28). The van der Waals surface area contributed by atoms with Crippen LogP contribution < -0.4 is 10.6 Å². The van der Waals surface area contributed by atoms with Crippen LogP contribution in [-0.2, 0) is 6.18 Å². The summed E-state index contributed by atoms with van der Waals surface area (Å²) in [6, 6.07) is 3.90. The molecule has 8 nitrogen and oxygen atoms in total. The Kier molecular flexibility index (Phi) is 4.76. The van der Waals surface area contributed by atoms with E-state index < -0.39 is 17.8 Å². The lowest BCUT2D eigenvalue weighted by molar-refractivity contribution is -0.137. The third kappa shape index (κ3) is 3.96. The summed E-state index contributed by atoms with van der Waals surface area (Å²) >= 11 is 1.34. The van der Waals surface area contributed by atoms with Gasteiger partial charge < -0.3 is 10.6 Å². The number of thiazole rings is 1. The van der Waals surface area contributed by atoms with E-state index in [1.165, 1.54) is 34.5 Å². The molecule has 3 heterocycles. The molecule has 4 aromatic rings. The van der Waals surface area contributed by atoms with E-state index >= 15 is 0 Å². The number of halogens is 3. The van der Waals surface area contributed by atoms with Gasteiger partial charge in [-0.3, -0.25) is 5.10 Å². The quantitative estimate of drug-likeness (QED) is 0.457. The number of urea groups is 1. The number of nitrogens with zero attached hydrogens (tertiary/aromatic N) is 4. The molecule has 0 saturated heterocycles. The summed E-state index contributed by atoms with van der Waals surface area (Å²) in [4.78, 5) is 16.6. The van der Waals surface area contributed by atoms with Gasteiger partial charge in [-0.1, -0.05) is 0 Å². The Bertz CT molecular complexity index is 1120. The molecular formula is C17H12F3N7OS. The number of H-pyrrole nitrogens is 1. The first-order chi connectivity index (χ1) is 13.9. The summed E-state index contributed by atoms with van der Waals surface area (Å²) in [5.41, 5.74) is 0.165. The van der Waals surface area contributed by atoms with Crippen LogP contribution in [0.1, 0.15) is 5.56 Å². The average Bonchev–Trinajstić information content (AvgIpc) is 3.43. The maximum atomic E-state index is 13.1. The smallest absolute Gasteiger partial charge is 0.306 e. The van der Waals surface area contributed by atoms with Crippen LogP contribution in [0.2, 0.25) is 0 Å². The topological polar surface area (TPSA) is 101 Å². The van der Waals surface area contributed by atoms with Crippen molar-refractivity contribution in [2.24, 2.45) is 0 Å². The number of anilines is 2. The third-order valence-corrected chi connectivity index (χ3v) is 4.65. The van der Waals surface area contributed by atoms with Crippen molar-refractivity contribution in [3.05, 3.63) is 60.0 Å². The Morgan fingerprint density at radius 1 is 1.17 bits per heavy atom. The highest BCUT2D eigenvalue weighted by Gasteiger charge is 2.31. The number of alkyl halides is 3. The van der Waals surface area contributed by atoms with E-state index in [0.29, 0.717) is 16.4 Å². The van der Waals surface area contributed by atoms with E-state index in [1.54, 1.807) is 23.8 Å². The van der Waals surface area contributed by atoms with E-state index in [2.05, 4.69) is 30.9 Å². The number of carbonyl (C=O) groups is 1. The maximum Gasteiger partial charge on any atom is 0.416 e. The highest BCUT2D eigenvalue weighted by Crippen LogP contribution is 2.33. The van der Waals surface area contributed by atoms with Crippen LogP contribution in [0.4, 0.5) is 29.3 Å². The van der Waals surface area contributed by atoms with Gasteiger partial charge in [0.1, 0.15) is 10.7 Å². The van der Waals surface area contributed by atoms with Crippen molar-refractivity contribution in [2.45, 2.75) is 6.18 Å². The number of aromatic amines is 1. The lowest BCUT2D eigenvalue weighted by atomic mass is 10.1. The second-order valence-corrected chi connectivity index (χ2v) is 6.65. The first-order valence-electron chi connectivity index (χ1n) is 8.14. The van der Waals surface area contributed by atoms with Gasteiger partial charge in [-0.05, 0) is 24.3 Å². The molecule has 0 bridgehead atoms. The van der Waals surface area contributed by atoms with Crippen molar-refractivity contribution in [3.8, 4) is 16.4 Å². The maximum absolute atomic E-state index is 13.1. The predicted octanol–water partition coefficient (Wildman–Crippen LogP) is 4.38. The Hall–Kier alpha value is -3.67. The molecule has 3 aromatic heterocycles. The summed E-state index contributed by atoms with van der Waals surface area (Å²) in [7, 11) is 0. The van der Waals surface area contributed by atoms with E-state index in [4.69, 9.17) is 0 Å². The van der Waals surface area contributed by atoms with Gasteiger partial charge in [-0.15, -0.1) is 11.3 Å². The molecule has 0 aliphatic rings. The van der Waals surface area contributed by atoms with Gasteiger partial charge in [0.2, 0.25) is 0 Å². The lowest BCUT2D eigenvalue weighted by Crippen LogP contribution is -2.21. The van der Waals surface area contributed by atoms with Crippen molar-refractivity contribution in [1.29, 1.82) is 0 Å². The van der Waals surface area contributed by atoms with Crippen LogP contribution in [0.15, 0.2) is 54.4 Å². The van der Waals surface area contributed by atoms with E-state index in [0.717, 1.165) is 12.1 Å². The van der Waals surface area contributed by atoms with E-state index in [1.807, 2.05) is 0 Å². The van der Waals surface area contributed by atoms with Gasteiger partial charge >= 0.3 is 12.2 Å². The average molecular weight is 419 g/mol. The van der Waals surface area contributed by atoms with Crippen molar-refractivity contribution in [3.63, 3.8) is 0 Å². The Morgan fingerprint density at radius 2 is 2.00 bits per heavy atom. The summed E-state index contributed by atoms with van der Waals surface area (Å²) < 4.78 is 40.7. The summed E-state index contributed by atoms with van der Waals surface area (Å²) in [5, 5.41) is 18.0. The predicted molar refractivity (Wildman–Crippen MR) is 101 cm³/mol. The third-order valence-electron chi connectivity index (χ3n) is 3.86. The molecule has 148 valence electrons. The number of amides is 2. The Balaban J connectivity index is 1.62. The first kappa shape index (κ1) is 18.7. The molecule has 29 heavy (non-hydrogen) atoms. The highest BCUT2D eigenvalue weighted by molar-refractivity contribution is 7.13. The zero-order chi connectivity index (χ0) is 20.4. The van der Waals surface area contributed by atoms with Gasteiger partial charge in [0.15, 0.2) is 0 Å². The Labute approximate surface area is 165 Å². The summed E-state index contributed by atoms with van der Waals surface area (Å²) in [6.45, 7) is 0. The van der Waals surface area contributed by atoms with Gasteiger partial charge in [0.25, 0.3) is 0 Å². The zero-order valence-electron chi connectivity index (χ0n) is 14.4. The first-order valence-corrected chi connectivity index (χ1v) is 9.02. The molecule has 0 radical (unpaired) electrons. The van der Waals surface area contributed by atoms with Crippen LogP contribution in [0.25, 0.3) is 16.4 Å². The second kappa shape index (κ2) is 7.39. The van der Waals surface area contributed by atoms with Gasteiger partial charge in [0.05, 0.1) is 28.8 Å². The molecule has 12 heteroatoms. The molecule has 0 aliphatic carbocycles. The summed E-state index contributed by atoms with van der Waals surface area (Å²) in [5.74, 6) is 0. The van der Waals surface area contributed by atoms with Crippen LogP contribution in [0.3, 0.4) is 0 Å². The van der Waals surface area contributed by atoms with Crippen LogP contribution in [0.5, 0.6) is 0 Å². The molecule has 0 spiro atoms. The molecule has 1 aromatic carbocycles. The molecule has 0 saturated carbocycles. The molecule has 0 atom stereocenters. The van der Waals surface area contributed by atoms with Gasteiger partial charge in [-0.25, -0.2) is 14.5 Å². The van der Waals surface area contributed by atoms with Gasteiger partial charge in [-0.2, -0.15) is 23.4 Å². The van der Waals surface area contributed by atoms with Crippen molar-refractivity contribution < 1.29 is 18.0 Å². The molecule has 3 N–H and O–H groups in total. The number of hydrogen-bond acceptors (Lipinski definition) is 5. The molecular weight excluding hydrogens is 407 g/mol. The summed E-state index contributed by atoms with van der Waals surface area (Å²) in [6.07, 6.45) is 1.47. The van der Waals surface area contributed by atoms with Crippen LogP contribution in [0, 0.1) is 0 Å². The normalized spacial score (nSPS) is 11.4. The van der Waals surface area contributed by atoms with Crippen molar-refractivity contribution in [2.75, 3.05) is 10.6 Å². The zero-order valence-corrected chi connectivity index (χ0v) is 15.3. The monoisotopic (exact) mass is 419 g/mol. The largest absolute Gasteiger partial charge is 0.416 e. The number of nitrogens with one attached hydrogen (secondary N) is 3. The molecule has 0 aliphatic heterocycles. The second-order valence-electron chi connectivity index (χ2n) is 5.76. The fourth-order valence-electron chi connectivity index (χ4n) is 2.59. The number of hydrogen-bond donors (Lipinski definition) is 3. The SMILES string of the molecule is O=C(Nc1cc(C(F)(F)F)ccc1-n1cccn1)Nc1cn[nH]c1-c1nccs1. The van der Waals surface area contributed by atoms with Crippen LogP contribution >= 0.6 is 11.3 Å². The minimum absolute atomic E-state index is 0.0553. The van der Waals surface area contributed by atoms with Crippen molar-refractivity contribution in [1.82, 2.24) is 25.0 Å². The van der Waals surface area contributed by atoms with E-state index in [-0.39, 0.29) is 11.4 Å². The van der Waals surface area contributed by atoms with Crippen molar-refractivity contribution >= 4 is 28.7 Å². The number of rotatable bonds is 4. The molecule has 4 rings (SSSR count). The minimum Gasteiger partial charge on any atom is -0.306 e. The van der Waals surface area contributed by atoms with Gasteiger partial charge in [0, 0.05) is 24.0 Å². The Morgan fingerprint density at radius 3 is 2.69 bits per heavy atom. The molecule has 2 amide bonds. The van der Waals surface area contributed by atoms with Crippen LogP contribution in [-0.4, -0.2) is 31.0 Å².